The second-order valence-electron chi connectivity index (χ2n) is 2.98. The lowest BCUT2D eigenvalue weighted by atomic mass is 9.93. The van der Waals surface area contributed by atoms with Gasteiger partial charge in [-0.05, 0) is 31.4 Å². The summed E-state index contributed by atoms with van der Waals surface area (Å²) in [5.41, 5.74) is 1.51. The second-order valence-corrected chi connectivity index (χ2v) is 2.98. The predicted molar refractivity (Wildman–Crippen MR) is 42.9 cm³/mol. The van der Waals surface area contributed by atoms with Crippen molar-refractivity contribution in [1.82, 2.24) is 5.32 Å². The number of fused-ring (bicyclic) bond motifs is 1. The highest BCUT2D eigenvalue weighted by molar-refractivity contribution is 5.29. The monoisotopic (exact) mass is 135 g/mol. The van der Waals surface area contributed by atoms with Crippen LogP contribution in [0.15, 0.2) is 23.8 Å². The molecule has 54 valence electrons. The molecule has 1 unspecified atom stereocenters. The predicted octanol–water partition coefficient (Wildman–Crippen LogP) is 1.62. The summed E-state index contributed by atoms with van der Waals surface area (Å²) in [6, 6.07) is 0.679. The van der Waals surface area contributed by atoms with Crippen molar-refractivity contribution in [2.45, 2.75) is 25.3 Å². The molecule has 1 atom stereocenters. The maximum absolute atomic E-state index is 3.50. The Labute approximate surface area is 61.8 Å². The lowest BCUT2D eigenvalue weighted by molar-refractivity contribution is 0.520. The van der Waals surface area contributed by atoms with Crippen molar-refractivity contribution >= 4 is 0 Å². The van der Waals surface area contributed by atoms with E-state index in [4.69, 9.17) is 0 Å². The lowest BCUT2D eigenvalue weighted by Crippen LogP contribution is -2.35. The first-order chi connectivity index (χ1) is 4.97. The largest absolute Gasteiger partial charge is 0.310 e. The van der Waals surface area contributed by atoms with E-state index in [1.54, 1.807) is 0 Å². The Morgan fingerprint density at radius 2 is 2.40 bits per heavy atom. The third-order valence-electron chi connectivity index (χ3n) is 2.25. The zero-order chi connectivity index (χ0) is 6.81. The topological polar surface area (TPSA) is 12.0 Å². The number of nitrogens with one attached hydrogen (secondary N) is 1. The third kappa shape index (κ3) is 1.01. The summed E-state index contributed by atoms with van der Waals surface area (Å²) < 4.78 is 0. The van der Waals surface area contributed by atoms with Crippen LogP contribution in [0.3, 0.4) is 0 Å². The van der Waals surface area contributed by atoms with Gasteiger partial charge in [-0.1, -0.05) is 18.2 Å². The Kier molecular flexibility index (Phi) is 1.60. The molecule has 1 heteroatoms. The molecule has 2 rings (SSSR count). The van der Waals surface area contributed by atoms with Gasteiger partial charge in [-0.25, -0.2) is 0 Å². The molecule has 0 fully saturated rings. The average Bonchev–Trinajstić information content (AvgIpc) is 2.05. The van der Waals surface area contributed by atoms with Crippen LogP contribution in [0.1, 0.15) is 19.3 Å². The average molecular weight is 135 g/mol. The van der Waals surface area contributed by atoms with Crippen molar-refractivity contribution in [3.63, 3.8) is 0 Å². The van der Waals surface area contributed by atoms with Crippen LogP contribution in [0.25, 0.3) is 0 Å². The minimum absolute atomic E-state index is 0.679. The van der Waals surface area contributed by atoms with Crippen molar-refractivity contribution in [1.29, 1.82) is 0 Å². The Hall–Kier alpha value is -0.560. The van der Waals surface area contributed by atoms with Crippen LogP contribution in [0.5, 0.6) is 0 Å². The van der Waals surface area contributed by atoms with Gasteiger partial charge in [0.2, 0.25) is 0 Å². The zero-order valence-corrected chi connectivity index (χ0v) is 6.14. The first-order valence-corrected chi connectivity index (χ1v) is 4.07. The molecular weight excluding hydrogens is 122 g/mol. The van der Waals surface area contributed by atoms with Gasteiger partial charge in [0.1, 0.15) is 0 Å². The molecule has 0 aromatic carbocycles. The summed E-state index contributed by atoms with van der Waals surface area (Å²) >= 11 is 0. The summed E-state index contributed by atoms with van der Waals surface area (Å²) in [5, 5.41) is 3.50. The van der Waals surface area contributed by atoms with Crippen molar-refractivity contribution < 1.29 is 0 Å². The maximum atomic E-state index is 3.50. The van der Waals surface area contributed by atoms with Gasteiger partial charge >= 0.3 is 0 Å². The first-order valence-electron chi connectivity index (χ1n) is 4.07. The molecule has 0 aromatic rings. The van der Waals surface area contributed by atoms with Gasteiger partial charge in [-0.15, -0.1) is 0 Å². The molecule has 1 N–H and O–H groups in total. The van der Waals surface area contributed by atoms with Gasteiger partial charge in [-0.3, -0.25) is 0 Å². The van der Waals surface area contributed by atoms with E-state index >= 15 is 0 Å². The SMILES string of the molecule is C1=CC2=CCCNC2CC1. The normalized spacial score (nSPS) is 31.2. The molecule has 0 amide bonds. The van der Waals surface area contributed by atoms with Crippen LogP contribution in [-0.4, -0.2) is 12.6 Å². The van der Waals surface area contributed by atoms with E-state index in [2.05, 4.69) is 23.5 Å². The molecule has 1 heterocycles. The second kappa shape index (κ2) is 2.59. The zero-order valence-electron chi connectivity index (χ0n) is 6.14. The summed E-state index contributed by atoms with van der Waals surface area (Å²) in [6.45, 7) is 1.17. The molecule has 0 radical (unpaired) electrons. The molecule has 0 aromatic heterocycles. The van der Waals surface area contributed by atoms with Crippen LogP contribution < -0.4 is 5.32 Å². The minimum Gasteiger partial charge on any atom is -0.310 e. The number of rotatable bonds is 0. The van der Waals surface area contributed by atoms with E-state index in [9.17, 15) is 0 Å². The Morgan fingerprint density at radius 3 is 3.30 bits per heavy atom. The van der Waals surface area contributed by atoms with Gasteiger partial charge in [-0.2, -0.15) is 0 Å². The maximum Gasteiger partial charge on any atom is 0.0320 e. The fourth-order valence-electron chi connectivity index (χ4n) is 1.69. The van der Waals surface area contributed by atoms with Crippen LogP contribution in [0.2, 0.25) is 0 Å². The molecule has 1 nitrogen and oxygen atoms in total. The Balaban J connectivity index is 2.21. The van der Waals surface area contributed by atoms with Gasteiger partial charge in [0.15, 0.2) is 0 Å². The summed E-state index contributed by atoms with van der Waals surface area (Å²) in [5.74, 6) is 0. The Bertz CT molecular complexity index is 179. The molecule has 0 bridgehead atoms. The standard InChI is InChI=1S/C9H13N/c1-2-6-9-8(4-1)5-3-7-10-9/h1,4-5,9-10H,2-3,6-7H2. The van der Waals surface area contributed by atoms with E-state index in [-0.39, 0.29) is 0 Å². The smallest absolute Gasteiger partial charge is 0.0320 e. The number of hydrogen-bond donors (Lipinski definition) is 1. The summed E-state index contributed by atoms with van der Waals surface area (Å²) in [7, 11) is 0. The molecule has 0 spiro atoms. The lowest BCUT2D eigenvalue weighted by Gasteiger charge is -2.26. The third-order valence-corrected chi connectivity index (χ3v) is 2.25. The number of hydrogen-bond acceptors (Lipinski definition) is 1. The molecule has 10 heavy (non-hydrogen) atoms. The van der Waals surface area contributed by atoms with Crippen molar-refractivity contribution in [3.8, 4) is 0 Å². The van der Waals surface area contributed by atoms with Crippen LogP contribution in [0.4, 0.5) is 0 Å². The Morgan fingerprint density at radius 1 is 1.40 bits per heavy atom. The quantitative estimate of drug-likeness (QED) is 0.532. The van der Waals surface area contributed by atoms with Crippen molar-refractivity contribution in [2.24, 2.45) is 0 Å². The molecule has 1 aliphatic carbocycles. The van der Waals surface area contributed by atoms with Crippen molar-refractivity contribution in [3.05, 3.63) is 23.8 Å². The summed E-state index contributed by atoms with van der Waals surface area (Å²) in [4.78, 5) is 0. The van der Waals surface area contributed by atoms with E-state index in [0.29, 0.717) is 6.04 Å². The van der Waals surface area contributed by atoms with Gasteiger partial charge in [0, 0.05) is 6.04 Å². The van der Waals surface area contributed by atoms with Crippen molar-refractivity contribution in [2.75, 3.05) is 6.54 Å². The highest BCUT2D eigenvalue weighted by atomic mass is 14.9. The molecule has 2 aliphatic rings. The first kappa shape index (κ1) is 6.17. The number of allylic oxidation sites excluding steroid dienone is 1. The van der Waals surface area contributed by atoms with Gasteiger partial charge < -0.3 is 5.32 Å². The van der Waals surface area contributed by atoms with E-state index in [1.807, 2.05) is 0 Å². The molecule has 0 saturated carbocycles. The van der Waals surface area contributed by atoms with E-state index in [0.717, 1.165) is 0 Å². The highest BCUT2D eigenvalue weighted by Gasteiger charge is 2.15. The molecule has 0 saturated heterocycles. The highest BCUT2D eigenvalue weighted by Crippen LogP contribution is 2.19. The molecule has 1 aliphatic heterocycles. The van der Waals surface area contributed by atoms with Gasteiger partial charge in [0.25, 0.3) is 0 Å². The van der Waals surface area contributed by atoms with E-state index in [1.165, 1.54) is 31.4 Å². The fraction of sp³-hybridized carbons (Fsp3) is 0.556. The van der Waals surface area contributed by atoms with E-state index < -0.39 is 0 Å². The summed E-state index contributed by atoms with van der Waals surface area (Å²) in [6.07, 6.45) is 10.6. The van der Waals surface area contributed by atoms with Gasteiger partial charge in [0.05, 0.1) is 0 Å². The van der Waals surface area contributed by atoms with Crippen LogP contribution in [0, 0.1) is 0 Å². The minimum atomic E-state index is 0.679. The fourth-order valence-corrected chi connectivity index (χ4v) is 1.69. The van der Waals surface area contributed by atoms with Crippen LogP contribution >= 0.6 is 0 Å². The van der Waals surface area contributed by atoms with Crippen LogP contribution in [-0.2, 0) is 0 Å². The molecular formula is C9H13N.